The molecule has 16 heavy (non-hydrogen) atoms. The van der Waals surface area contributed by atoms with Gasteiger partial charge in [-0.2, -0.15) is 0 Å². The van der Waals surface area contributed by atoms with Gasteiger partial charge in [-0.15, -0.1) is 0 Å². The van der Waals surface area contributed by atoms with Crippen molar-refractivity contribution in [3.8, 4) is 0 Å². The first-order chi connectivity index (χ1) is 7.74. The summed E-state index contributed by atoms with van der Waals surface area (Å²) in [5.74, 6) is 0.411. The van der Waals surface area contributed by atoms with Crippen molar-refractivity contribution in [1.29, 1.82) is 0 Å². The molecule has 0 bridgehead atoms. The van der Waals surface area contributed by atoms with E-state index in [-0.39, 0.29) is 6.10 Å². The van der Waals surface area contributed by atoms with E-state index in [1.807, 2.05) is 24.3 Å². The number of likely N-dealkylation sites (tertiary alicyclic amines) is 1. The van der Waals surface area contributed by atoms with Crippen LogP contribution in [-0.2, 0) is 4.84 Å². The van der Waals surface area contributed by atoms with E-state index >= 15 is 0 Å². The maximum atomic E-state index is 5.67. The third-order valence-corrected chi connectivity index (χ3v) is 3.29. The number of fused-ring (bicyclic) bond motifs is 1. The summed E-state index contributed by atoms with van der Waals surface area (Å²) >= 11 is 0. The molecule has 1 aromatic carbocycles. The maximum absolute atomic E-state index is 5.67. The van der Waals surface area contributed by atoms with Gasteiger partial charge in [0.1, 0.15) is 6.10 Å². The Morgan fingerprint density at radius 2 is 2.06 bits per heavy atom. The number of hydrogen-bond acceptors (Lipinski definition) is 4. The highest BCUT2D eigenvalue weighted by atomic mass is 16.6. The fraction of sp³-hybridized carbons (Fsp3) is 0.417. The molecule has 4 nitrogen and oxygen atoms in total. The van der Waals surface area contributed by atoms with Crippen molar-refractivity contribution in [2.24, 2.45) is 11.1 Å². The number of nitrogens with two attached hydrogens (primary N) is 1. The molecule has 1 aromatic rings. The lowest BCUT2D eigenvalue weighted by Gasteiger charge is -2.09. The van der Waals surface area contributed by atoms with E-state index in [0.717, 1.165) is 30.1 Å². The molecule has 0 amide bonds. The van der Waals surface area contributed by atoms with Gasteiger partial charge in [-0.05, 0) is 24.7 Å². The lowest BCUT2D eigenvalue weighted by Crippen LogP contribution is -2.21. The van der Waals surface area contributed by atoms with Gasteiger partial charge < -0.3 is 15.5 Å². The predicted octanol–water partition coefficient (Wildman–Crippen LogP) is 0.933. The van der Waals surface area contributed by atoms with E-state index in [4.69, 9.17) is 10.6 Å². The number of rotatable bonds is 1. The SMILES string of the molecule is CN1CC2ON=C(c3ccc(N)cc3)C2C1. The molecule has 0 aromatic heterocycles. The van der Waals surface area contributed by atoms with Crippen LogP contribution in [0.15, 0.2) is 29.4 Å². The molecule has 0 radical (unpaired) electrons. The fourth-order valence-electron chi connectivity index (χ4n) is 2.44. The van der Waals surface area contributed by atoms with Gasteiger partial charge in [0.25, 0.3) is 0 Å². The molecule has 2 unspecified atom stereocenters. The van der Waals surface area contributed by atoms with Crippen molar-refractivity contribution < 1.29 is 4.84 Å². The Morgan fingerprint density at radius 1 is 1.31 bits per heavy atom. The number of oxime groups is 1. The smallest absolute Gasteiger partial charge is 0.149 e. The van der Waals surface area contributed by atoms with Gasteiger partial charge in [0.2, 0.25) is 0 Å². The number of nitrogen functional groups attached to an aromatic ring is 1. The van der Waals surface area contributed by atoms with E-state index in [9.17, 15) is 0 Å². The summed E-state index contributed by atoms with van der Waals surface area (Å²) in [7, 11) is 2.11. The first-order valence-electron chi connectivity index (χ1n) is 5.52. The molecule has 84 valence electrons. The Morgan fingerprint density at radius 3 is 2.81 bits per heavy atom. The summed E-state index contributed by atoms with van der Waals surface area (Å²) in [5, 5.41) is 4.20. The van der Waals surface area contributed by atoms with Crippen LogP contribution in [0.5, 0.6) is 0 Å². The zero-order valence-corrected chi connectivity index (χ0v) is 9.26. The molecular formula is C12H15N3O. The lowest BCUT2D eigenvalue weighted by molar-refractivity contribution is 0.0773. The quantitative estimate of drug-likeness (QED) is 0.712. The summed E-state index contributed by atoms with van der Waals surface area (Å²) in [4.78, 5) is 7.74. The number of likely N-dealkylation sites (N-methyl/N-ethyl adjacent to an activating group) is 1. The largest absolute Gasteiger partial charge is 0.399 e. The summed E-state index contributed by atoms with van der Waals surface area (Å²) in [5.41, 5.74) is 8.64. The summed E-state index contributed by atoms with van der Waals surface area (Å²) in [6, 6.07) is 7.84. The van der Waals surface area contributed by atoms with Crippen molar-refractivity contribution in [2.75, 3.05) is 25.9 Å². The molecule has 2 aliphatic heterocycles. The second-order valence-corrected chi connectivity index (χ2v) is 4.57. The van der Waals surface area contributed by atoms with Gasteiger partial charge in [0.05, 0.1) is 11.6 Å². The Hall–Kier alpha value is -1.55. The van der Waals surface area contributed by atoms with Crippen molar-refractivity contribution in [3.63, 3.8) is 0 Å². The second kappa shape index (κ2) is 3.49. The van der Waals surface area contributed by atoms with Gasteiger partial charge >= 0.3 is 0 Å². The van der Waals surface area contributed by atoms with Crippen LogP contribution in [0.1, 0.15) is 5.56 Å². The minimum atomic E-state index is 0.234. The van der Waals surface area contributed by atoms with Crippen LogP contribution in [-0.4, -0.2) is 36.9 Å². The molecule has 4 heteroatoms. The molecule has 2 N–H and O–H groups in total. The number of benzene rings is 1. The topological polar surface area (TPSA) is 50.8 Å². The van der Waals surface area contributed by atoms with Crippen molar-refractivity contribution in [2.45, 2.75) is 6.10 Å². The average molecular weight is 217 g/mol. The highest BCUT2D eigenvalue weighted by Gasteiger charge is 2.41. The Labute approximate surface area is 94.7 Å². The van der Waals surface area contributed by atoms with E-state index in [1.165, 1.54) is 0 Å². The maximum Gasteiger partial charge on any atom is 0.149 e. The normalized spacial score (nSPS) is 28.7. The van der Waals surface area contributed by atoms with Gasteiger partial charge in [0, 0.05) is 18.8 Å². The zero-order chi connectivity index (χ0) is 11.1. The van der Waals surface area contributed by atoms with Gasteiger partial charge in [0.15, 0.2) is 0 Å². The van der Waals surface area contributed by atoms with Gasteiger partial charge in [-0.1, -0.05) is 17.3 Å². The standard InChI is InChI=1S/C12H15N3O/c1-15-6-10-11(7-15)16-14-12(10)8-2-4-9(13)5-3-8/h2-5,10-11H,6-7,13H2,1H3. The lowest BCUT2D eigenvalue weighted by atomic mass is 9.95. The monoisotopic (exact) mass is 217 g/mol. The summed E-state index contributed by atoms with van der Waals surface area (Å²) in [6.07, 6.45) is 0.234. The summed E-state index contributed by atoms with van der Waals surface area (Å²) in [6.45, 7) is 1.99. The first kappa shape index (κ1) is 9.66. The average Bonchev–Trinajstić information content (AvgIpc) is 2.78. The van der Waals surface area contributed by atoms with E-state index < -0.39 is 0 Å². The third kappa shape index (κ3) is 1.46. The van der Waals surface area contributed by atoms with E-state index in [1.54, 1.807) is 0 Å². The molecular weight excluding hydrogens is 202 g/mol. The molecule has 1 fully saturated rings. The van der Waals surface area contributed by atoms with E-state index in [2.05, 4.69) is 17.1 Å². The molecule has 2 aliphatic rings. The van der Waals surface area contributed by atoms with Crippen LogP contribution in [0.3, 0.4) is 0 Å². The van der Waals surface area contributed by atoms with Crippen molar-refractivity contribution in [1.82, 2.24) is 4.90 Å². The number of nitrogens with zero attached hydrogens (tertiary/aromatic N) is 2. The molecule has 3 rings (SSSR count). The van der Waals surface area contributed by atoms with Crippen LogP contribution in [0, 0.1) is 5.92 Å². The fourth-order valence-corrected chi connectivity index (χ4v) is 2.44. The first-order valence-corrected chi connectivity index (χ1v) is 5.52. The van der Waals surface area contributed by atoms with Crippen molar-refractivity contribution in [3.05, 3.63) is 29.8 Å². The molecule has 2 atom stereocenters. The molecule has 0 saturated carbocycles. The molecule has 1 saturated heterocycles. The van der Waals surface area contributed by atoms with Crippen LogP contribution in [0.2, 0.25) is 0 Å². The zero-order valence-electron chi connectivity index (χ0n) is 9.26. The van der Waals surface area contributed by atoms with Crippen LogP contribution in [0.4, 0.5) is 5.69 Å². The second-order valence-electron chi connectivity index (χ2n) is 4.57. The summed E-state index contributed by atoms with van der Waals surface area (Å²) < 4.78 is 0. The Kier molecular flexibility index (Phi) is 2.11. The Bertz CT molecular complexity index is 426. The number of anilines is 1. The van der Waals surface area contributed by atoms with Crippen molar-refractivity contribution >= 4 is 11.4 Å². The Balaban J connectivity index is 1.88. The molecule has 0 aliphatic carbocycles. The molecule has 0 spiro atoms. The minimum absolute atomic E-state index is 0.234. The minimum Gasteiger partial charge on any atom is -0.399 e. The predicted molar refractivity (Wildman–Crippen MR) is 63.3 cm³/mol. The van der Waals surface area contributed by atoms with Gasteiger partial charge in [-0.25, -0.2) is 0 Å². The van der Waals surface area contributed by atoms with Crippen LogP contribution in [0.25, 0.3) is 0 Å². The van der Waals surface area contributed by atoms with Crippen LogP contribution >= 0.6 is 0 Å². The third-order valence-electron chi connectivity index (χ3n) is 3.29. The highest BCUT2D eigenvalue weighted by Crippen LogP contribution is 2.29. The van der Waals surface area contributed by atoms with Gasteiger partial charge in [-0.3, -0.25) is 0 Å². The van der Waals surface area contributed by atoms with E-state index in [0.29, 0.717) is 5.92 Å². The molecule has 2 heterocycles. The van der Waals surface area contributed by atoms with Crippen LogP contribution < -0.4 is 5.73 Å². The number of hydrogen-bond donors (Lipinski definition) is 1. The highest BCUT2D eigenvalue weighted by molar-refractivity contribution is 6.03.